The van der Waals surface area contributed by atoms with Crippen molar-refractivity contribution in [3.8, 4) is 10.7 Å². The summed E-state index contributed by atoms with van der Waals surface area (Å²) in [6, 6.07) is 4.03. The number of quaternary nitrogens is 1. The maximum Gasteiger partial charge on any atom is 0.221 e. The van der Waals surface area contributed by atoms with Gasteiger partial charge in [0.2, 0.25) is 4.77 Å². The van der Waals surface area contributed by atoms with Crippen LogP contribution in [0.4, 0.5) is 0 Å². The van der Waals surface area contributed by atoms with E-state index in [1.165, 1.54) is 0 Å². The summed E-state index contributed by atoms with van der Waals surface area (Å²) in [4.78, 5) is 6.59. The Kier molecular flexibility index (Phi) is 5.50. The van der Waals surface area contributed by atoms with Crippen LogP contribution in [0.15, 0.2) is 17.5 Å². The minimum Gasteiger partial charge on any atom is -0.379 e. The summed E-state index contributed by atoms with van der Waals surface area (Å²) < 4.78 is 31.1. The third-order valence-electron chi connectivity index (χ3n) is 4.23. The van der Waals surface area contributed by atoms with E-state index in [0.29, 0.717) is 24.5 Å². The van der Waals surface area contributed by atoms with Gasteiger partial charge in [0, 0.05) is 13.5 Å². The molecular weight excluding hydrogens is 368 g/mol. The lowest BCUT2D eigenvalue weighted by Crippen LogP contribution is -3.16. The second kappa shape index (κ2) is 7.44. The number of sulfone groups is 1. The van der Waals surface area contributed by atoms with E-state index in [2.05, 4.69) is 10.1 Å². The first-order valence-electron chi connectivity index (χ1n) is 7.73. The number of aromatic nitrogens is 3. The normalized spacial score (nSPS) is 21.1. The number of H-pyrrole nitrogens is 1. The Balaban J connectivity index is 1.79. The van der Waals surface area contributed by atoms with E-state index in [1.807, 2.05) is 22.2 Å². The molecule has 1 fully saturated rings. The monoisotopic (exact) mass is 389 g/mol. The van der Waals surface area contributed by atoms with Crippen molar-refractivity contribution >= 4 is 33.4 Å². The number of thiophene rings is 1. The van der Waals surface area contributed by atoms with Crippen molar-refractivity contribution in [2.24, 2.45) is 0 Å². The van der Waals surface area contributed by atoms with Gasteiger partial charge < -0.3 is 9.64 Å². The molecule has 3 heterocycles. The van der Waals surface area contributed by atoms with E-state index >= 15 is 0 Å². The van der Waals surface area contributed by atoms with Gasteiger partial charge in [0.15, 0.2) is 22.3 Å². The van der Waals surface area contributed by atoms with Crippen LogP contribution in [-0.2, 0) is 21.2 Å². The van der Waals surface area contributed by atoms with Gasteiger partial charge in [-0.2, -0.15) is 4.98 Å². The van der Waals surface area contributed by atoms with E-state index in [0.717, 1.165) is 22.1 Å². The SMILES string of the molecule is COCC[NH+](Cn1[nH]c(-c2cccs2)nc1=S)[C@@H]1CCS(=O)(=O)C1. The molecule has 1 aliphatic heterocycles. The van der Waals surface area contributed by atoms with Crippen LogP contribution >= 0.6 is 23.6 Å². The fraction of sp³-hybridized carbons (Fsp3) is 0.571. The van der Waals surface area contributed by atoms with Crippen LogP contribution in [0.25, 0.3) is 10.7 Å². The minimum atomic E-state index is -2.92. The smallest absolute Gasteiger partial charge is 0.221 e. The molecule has 3 rings (SSSR count). The maximum absolute atomic E-state index is 11.8. The van der Waals surface area contributed by atoms with Gasteiger partial charge in [0.1, 0.15) is 18.3 Å². The second-order valence-corrected chi connectivity index (χ2v) is 9.46. The zero-order chi connectivity index (χ0) is 17.2. The highest BCUT2D eigenvalue weighted by Gasteiger charge is 2.35. The Morgan fingerprint density at radius 3 is 3.04 bits per heavy atom. The zero-order valence-corrected chi connectivity index (χ0v) is 15.8. The number of nitrogens with zero attached hydrogens (tertiary/aromatic N) is 2. The number of nitrogens with one attached hydrogen (secondary N) is 2. The Morgan fingerprint density at radius 1 is 1.58 bits per heavy atom. The van der Waals surface area contributed by atoms with E-state index in [-0.39, 0.29) is 17.5 Å². The molecule has 0 spiro atoms. The van der Waals surface area contributed by atoms with Crippen molar-refractivity contribution in [3.05, 3.63) is 22.3 Å². The van der Waals surface area contributed by atoms with Gasteiger partial charge in [0.25, 0.3) is 0 Å². The van der Waals surface area contributed by atoms with E-state index in [1.54, 1.807) is 18.4 Å². The molecule has 24 heavy (non-hydrogen) atoms. The lowest BCUT2D eigenvalue weighted by molar-refractivity contribution is -0.945. The topological polar surface area (TPSA) is 81.4 Å². The average Bonchev–Trinajstić information content (AvgIpc) is 3.24. The average molecular weight is 390 g/mol. The summed E-state index contributed by atoms with van der Waals surface area (Å²) in [7, 11) is -1.27. The first-order valence-corrected chi connectivity index (χ1v) is 10.8. The molecule has 10 heteroatoms. The molecule has 0 bridgehead atoms. The van der Waals surface area contributed by atoms with Gasteiger partial charge in [-0.15, -0.1) is 11.3 Å². The van der Waals surface area contributed by atoms with Gasteiger partial charge in [-0.25, -0.2) is 13.1 Å². The fourth-order valence-electron chi connectivity index (χ4n) is 2.95. The molecule has 1 unspecified atom stereocenters. The Morgan fingerprint density at radius 2 is 2.42 bits per heavy atom. The standard InChI is InChI=1S/C14H20N4O3S3/c1-21-6-5-17(11-4-8-24(19,20)9-11)10-18-14(22)15-13(16-18)12-3-2-7-23-12/h2-3,7,11H,4-6,8-10H2,1H3,(H,15,16,22)/p+1/t11-/m1/s1. The van der Waals surface area contributed by atoms with Gasteiger partial charge in [-0.1, -0.05) is 6.07 Å². The number of hydrogen-bond donors (Lipinski definition) is 2. The van der Waals surface area contributed by atoms with Crippen LogP contribution < -0.4 is 4.90 Å². The largest absolute Gasteiger partial charge is 0.379 e. The molecule has 7 nitrogen and oxygen atoms in total. The quantitative estimate of drug-likeness (QED) is 0.668. The van der Waals surface area contributed by atoms with Crippen LogP contribution in [0.2, 0.25) is 0 Å². The van der Waals surface area contributed by atoms with Gasteiger partial charge in [0.05, 0.1) is 17.2 Å². The molecule has 0 aliphatic carbocycles. The van der Waals surface area contributed by atoms with Crippen molar-refractivity contribution in [3.63, 3.8) is 0 Å². The molecule has 0 amide bonds. The number of methoxy groups -OCH3 is 1. The third kappa shape index (κ3) is 4.12. The minimum absolute atomic E-state index is 0.0699. The molecule has 2 N–H and O–H groups in total. The predicted molar refractivity (Wildman–Crippen MR) is 95.5 cm³/mol. The van der Waals surface area contributed by atoms with Crippen LogP contribution in [0, 0.1) is 4.77 Å². The highest BCUT2D eigenvalue weighted by molar-refractivity contribution is 7.91. The lowest BCUT2D eigenvalue weighted by atomic mass is 10.2. The summed E-state index contributed by atoms with van der Waals surface area (Å²) in [5.74, 6) is 1.24. The van der Waals surface area contributed by atoms with E-state index in [9.17, 15) is 8.42 Å². The van der Waals surface area contributed by atoms with Gasteiger partial charge >= 0.3 is 0 Å². The van der Waals surface area contributed by atoms with Crippen LogP contribution in [0.5, 0.6) is 0 Å². The third-order valence-corrected chi connectivity index (χ3v) is 7.19. The van der Waals surface area contributed by atoms with Gasteiger partial charge in [-0.05, 0) is 23.7 Å². The Labute approximate surface area is 150 Å². The summed E-state index contributed by atoms with van der Waals surface area (Å²) >= 11 is 6.96. The van der Waals surface area contributed by atoms with Crippen molar-refractivity contribution < 1.29 is 18.1 Å². The zero-order valence-electron chi connectivity index (χ0n) is 13.4. The highest BCUT2D eigenvalue weighted by Crippen LogP contribution is 2.20. The molecule has 2 aromatic rings. The summed E-state index contributed by atoms with van der Waals surface area (Å²) in [5.41, 5.74) is 0. The molecule has 2 aromatic heterocycles. The lowest BCUT2D eigenvalue weighted by Gasteiger charge is -2.24. The summed E-state index contributed by atoms with van der Waals surface area (Å²) in [5, 5.41) is 5.23. The first-order chi connectivity index (χ1) is 11.5. The fourth-order valence-corrected chi connectivity index (χ4v) is 5.64. The predicted octanol–water partition coefficient (Wildman–Crippen LogP) is 0.345. The molecule has 132 valence electrons. The van der Waals surface area contributed by atoms with Crippen molar-refractivity contribution in [2.75, 3.05) is 31.8 Å². The van der Waals surface area contributed by atoms with E-state index in [4.69, 9.17) is 17.0 Å². The Bertz CT molecular complexity index is 826. The number of hydrogen-bond acceptors (Lipinski definition) is 6. The van der Waals surface area contributed by atoms with Crippen molar-refractivity contribution in [1.29, 1.82) is 0 Å². The van der Waals surface area contributed by atoms with Gasteiger partial charge in [-0.3, -0.25) is 5.10 Å². The molecule has 0 aromatic carbocycles. The maximum atomic E-state index is 11.8. The van der Waals surface area contributed by atoms with Crippen molar-refractivity contribution in [2.45, 2.75) is 19.1 Å². The summed E-state index contributed by atoms with van der Waals surface area (Å²) in [6.07, 6.45) is 0.681. The molecule has 0 radical (unpaired) electrons. The Hall–Kier alpha value is -1.07. The highest BCUT2D eigenvalue weighted by atomic mass is 32.2. The number of ether oxygens (including phenoxy) is 1. The number of aromatic amines is 1. The molecule has 2 atom stereocenters. The second-order valence-electron chi connectivity index (χ2n) is 5.92. The molecule has 0 saturated carbocycles. The van der Waals surface area contributed by atoms with Crippen molar-refractivity contribution in [1.82, 2.24) is 14.8 Å². The van der Waals surface area contributed by atoms with Crippen LogP contribution in [0.1, 0.15) is 6.42 Å². The number of rotatable bonds is 7. The van der Waals surface area contributed by atoms with Crippen LogP contribution in [-0.4, -0.2) is 61.0 Å². The first kappa shape index (κ1) is 17.7. The summed E-state index contributed by atoms with van der Waals surface area (Å²) in [6.45, 7) is 1.86. The molecular formula is C14H21N4O3S3+. The molecule has 1 saturated heterocycles. The van der Waals surface area contributed by atoms with E-state index < -0.39 is 9.84 Å². The van der Waals surface area contributed by atoms with Crippen LogP contribution in [0.3, 0.4) is 0 Å². The molecule has 1 aliphatic rings.